The van der Waals surface area contributed by atoms with E-state index in [0.717, 1.165) is 9.60 Å². The molecule has 5 aromatic rings. The summed E-state index contributed by atoms with van der Waals surface area (Å²) in [7, 11) is 0. The van der Waals surface area contributed by atoms with Gasteiger partial charge in [0.15, 0.2) is 16.7 Å². The maximum Gasteiger partial charge on any atom is 0.247 e. The zero-order valence-electron chi connectivity index (χ0n) is 21.8. The highest BCUT2D eigenvalue weighted by Gasteiger charge is 2.40. The van der Waals surface area contributed by atoms with Gasteiger partial charge in [0, 0.05) is 24.3 Å². The zero-order chi connectivity index (χ0) is 28.8. The molecular weight excluding hydrogens is 550 g/mol. The Kier molecular flexibility index (Phi) is 6.70. The van der Waals surface area contributed by atoms with Crippen molar-refractivity contribution in [3.05, 3.63) is 72.2 Å². The van der Waals surface area contributed by atoms with Gasteiger partial charge in [-0.2, -0.15) is 5.10 Å². The lowest BCUT2D eigenvalue weighted by molar-refractivity contribution is -0.137. The van der Waals surface area contributed by atoms with E-state index < -0.39 is 29.8 Å². The summed E-state index contributed by atoms with van der Waals surface area (Å²) >= 11 is 1.28. The minimum absolute atomic E-state index is 0.0877. The number of nitrogens with zero attached hydrogens (tertiary/aromatic N) is 4. The summed E-state index contributed by atoms with van der Waals surface area (Å²) in [6, 6.07) is 15.7. The first kappa shape index (κ1) is 26.5. The first-order valence-corrected chi connectivity index (χ1v) is 13.7. The minimum atomic E-state index is -1.42. The number of likely N-dealkylation sites (tertiary alicyclic amines) is 1. The summed E-state index contributed by atoms with van der Waals surface area (Å²) in [5, 5.41) is 7.84. The summed E-state index contributed by atoms with van der Waals surface area (Å²) < 4.78 is 32.3. The van der Waals surface area contributed by atoms with Crippen molar-refractivity contribution in [3.63, 3.8) is 0 Å². The number of benzene rings is 3. The lowest BCUT2D eigenvalue weighted by Gasteiger charge is -2.24. The van der Waals surface area contributed by atoms with Gasteiger partial charge in [0.1, 0.15) is 24.5 Å². The van der Waals surface area contributed by atoms with E-state index in [1.54, 1.807) is 54.6 Å². The number of nitrogens with one attached hydrogen (secondary N) is 1. The molecule has 2 atom stereocenters. The number of aromatic nitrogens is 3. The number of nitrogen functional groups attached to an aromatic ring is 1. The van der Waals surface area contributed by atoms with Gasteiger partial charge in [0.25, 0.3) is 0 Å². The van der Waals surface area contributed by atoms with Gasteiger partial charge in [-0.05, 0) is 29.8 Å². The Bertz CT molecular complexity index is 1850. The highest BCUT2D eigenvalue weighted by atomic mass is 32.1. The van der Waals surface area contributed by atoms with E-state index >= 15 is 4.39 Å². The van der Waals surface area contributed by atoms with Crippen molar-refractivity contribution in [1.82, 2.24) is 19.7 Å². The Morgan fingerprint density at radius 2 is 1.93 bits per heavy atom. The Labute approximate surface area is 236 Å². The number of thiazole rings is 1. The third-order valence-corrected chi connectivity index (χ3v) is 7.97. The van der Waals surface area contributed by atoms with Crippen molar-refractivity contribution in [2.45, 2.75) is 32.1 Å². The topological polar surface area (TPSA) is 123 Å². The SMILES string of the molecule is CC(=O)c1nn(CC(=O)N2C[C@H](F)C[C@H]2C(=O)Nc2cccc(-c3ccc4nc(N)sc4c3)c2F)c2ccccc12. The van der Waals surface area contributed by atoms with Crippen molar-refractivity contribution in [1.29, 1.82) is 0 Å². The monoisotopic (exact) mass is 574 g/mol. The van der Waals surface area contributed by atoms with Gasteiger partial charge in [-0.15, -0.1) is 0 Å². The Morgan fingerprint density at radius 3 is 2.73 bits per heavy atom. The first-order valence-electron chi connectivity index (χ1n) is 12.9. The summed E-state index contributed by atoms with van der Waals surface area (Å²) in [5.74, 6) is -2.16. The zero-order valence-corrected chi connectivity index (χ0v) is 22.6. The second-order valence-corrected chi connectivity index (χ2v) is 10.9. The average molecular weight is 575 g/mol. The Balaban J connectivity index is 1.23. The quantitative estimate of drug-likeness (QED) is 0.281. The van der Waals surface area contributed by atoms with Crippen LogP contribution in [0.1, 0.15) is 23.8 Å². The number of Topliss-reactive ketones (excluding diaryl/α,β-unsaturated/α-hetero) is 1. The molecule has 9 nitrogen and oxygen atoms in total. The van der Waals surface area contributed by atoms with Crippen LogP contribution in [0.25, 0.3) is 32.2 Å². The van der Waals surface area contributed by atoms with Gasteiger partial charge < -0.3 is 16.0 Å². The highest BCUT2D eigenvalue weighted by Crippen LogP contribution is 2.33. The van der Waals surface area contributed by atoms with E-state index in [-0.39, 0.29) is 42.2 Å². The number of carbonyl (C=O) groups excluding carboxylic acids is 3. The van der Waals surface area contributed by atoms with E-state index in [9.17, 15) is 18.8 Å². The summed E-state index contributed by atoms with van der Waals surface area (Å²) in [6.45, 7) is 0.812. The molecule has 0 aliphatic carbocycles. The molecule has 0 saturated carbocycles. The molecule has 0 radical (unpaired) electrons. The molecular formula is C29H24F2N6O3S. The first-order chi connectivity index (χ1) is 19.7. The van der Waals surface area contributed by atoms with Crippen LogP contribution in [0.5, 0.6) is 0 Å². The molecule has 0 unspecified atom stereocenters. The van der Waals surface area contributed by atoms with Crippen LogP contribution in [0.4, 0.5) is 19.6 Å². The molecule has 0 spiro atoms. The molecule has 41 heavy (non-hydrogen) atoms. The van der Waals surface area contributed by atoms with Gasteiger partial charge in [-0.3, -0.25) is 19.1 Å². The number of hydrogen-bond donors (Lipinski definition) is 2. The van der Waals surface area contributed by atoms with Gasteiger partial charge >= 0.3 is 0 Å². The molecule has 1 aliphatic rings. The number of carbonyl (C=O) groups is 3. The average Bonchev–Trinajstić information content (AvgIpc) is 3.63. The van der Waals surface area contributed by atoms with E-state index in [1.807, 2.05) is 0 Å². The minimum Gasteiger partial charge on any atom is -0.375 e. The number of fused-ring (bicyclic) bond motifs is 2. The molecule has 6 rings (SSSR count). The number of halogens is 2. The van der Waals surface area contributed by atoms with E-state index in [0.29, 0.717) is 27.1 Å². The van der Waals surface area contributed by atoms with E-state index in [4.69, 9.17) is 5.73 Å². The number of ketones is 1. The number of rotatable bonds is 6. The number of para-hydroxylation sites is 1. The molecule has 1 fully saturated rings. The standard InChI is InChI=1S/C29H24F2N6O3S/c1-15(38)27-19-5-2-3-8-22(19)37(35-27)14-25(39)36-13-17(30)12-23(36)28(40)33-21-7-4-6-18(26(21)31)16-9-10-20-24(11-16)41-29(32)34-20/h2-11,17,23H,12-14H2,1H3,(H2,32,34)(H,33,40)/t17-,23+/m1/s1. The van der Waals surface area contributed by atoms with Crippen LogP contribution in [0.2, 0.25) is 0 Å². The molecule has 208 valence electrons. The fourth-order valence-electron chi connectivity index (χ4n) is 5.21. The maximum atomic E-state index is 15.6. The fraction of sp³-hybridized carbons (Fsp3) is 0.207. The van der Waals surface area contributed by atoms with Crippen LogP contribution >= 0.6 is 11.3 Å². The Morgan fingerprint density at radius 1 is 1.12 bits per heavy atom. The molecule has 3 N–H and O–H groups in total. The molecule has 3 heterocycles. The third kappa shape index (κ3) is 4.91. The number of nitrogens with two attached hydrogens (primary N) is 1. The van der Waals surface area contributed by atoms with Crippen molar-refractivity contribution in [2.75, 3.05) is 17.6 Å². The van der Waals surface area contributed by atoms with Crippen molar-refractivity contribution >= 4 is 60.9 Å². The van der Waals surface area contributed by atoms with Crippen molar-refractivity contribution in [3.8, 4) is 11.1 Å². The predicted octanol–water partition coefficient (Wildman–Crippen LogP) is 4.81. The van der Waals surface area contributed by atoms with Crippen LogP contribution in [0.3, 0.4) is 0 Å². The molecule has 1 saturated heterocycles. The molecule has 12 heteroatoms. The lowest BCUT2D eigenvalue weighted by atomic mass is 10.0. The van der Waals surface area contributed by atoms with E-state index in [2.05, 4.69) is 15.4 Å². The van der Waals surface area contributed by atoms with Gasteiger partial charge in [0.2, 0.25) is 11.8 Å². The third-order valence-electron chi connectivity index (χ3n) is 7.12. The molecule has 2 amide bonds. The molecule has 1 aliphatic heterocycles. The largest absolute Gasteiger partial charge is 0.375 e. The second kappa shape index (κ2) is 10.4. The van der Waals surface area contributed by atoms with Crippen molar-refractivity contribution < 1.29 is 23.2 Å². The van der Waals surface area contributed by atoms with Crippen molar-refractivity contribution in [2.24, 2.45) is 0 Å². The summed E-state index contributed by atoms with van der Waals surface area (Å²) in [4.78, 5) is 44.0. The van der Waals surface area contributed by atoms with E-state index in [1.165, 1.54) is 29.0 Å². The highest BCUT2D eigenvalue weighted by molar-refractivity contribution is 7.22. The van der Waals surface area contributed by atoms with Gasteiger partial charge in [-0.25, -0.2) is 13.8 Å². The molecule has 3 aromatic carbocycles. The Hall–Kier alpha value is -4.71. The van der Waals surface area contributed by atoms with Crippen LogP contribution < -0.4 is 11.1 Å². The summed E-state index contributed by atoms with van der Waals surface area (Å²) in [6.07, 6.45) is -1.65. The molecule has 2 aromatic heterocycles. The van der Waals surface area contributed by atoms with Crippen LogP contribution in [0, 0.1) is 5.82 Å². The maximum absolute atomic E-state index is 15.6. The molecule has 0 bridgehead atoms. The normalized spacial score (nSPS) is 16.9. The van der Waals surface area contributed by atoms with Crippen LogP contribution in [-0.4, -0.2) is 56.0 Å². The fourth-order valence-corrected chi connectivity index (χ4v) is 5.99. The number of alkyl halides is 1. The van der Waals surface area contributed by atoms with Crippen LogP contribution in [0.15, 0.2) is 60.7 Å². The lowest BCUT2D eigenvalue weighted by Crippen LogP contribution is -2.44. The number of amides is 2. The van der Waals surface area contributed by atoms with Gasteiger partial charge in [-0.1, -0.05) is 47.7 Å². The van der Waals surface area contributed by atoms with Crippen LogP contribution in [-0.2, 0) is 16.1 Å². The predicted molar refractivity (Wildman–Crippen MR) is 153 cm³/mol. The van der Waals surface area contributed by atoms with Gasteiger partial charge in [0.05, 0.1) is 28.0 Å². The second-order valence-electron chi connectivity index (χ2n) is 9.87. The smallest absolute Gasteiger partial charge is 0.247 e. The number of anilines is 2. The summed E-state index contributed by atoms with van der Waals surface area (Å²) in [5.41, 5.74) is 8.02. The number of hydrogen-bond acceptors (Lipinski definition) is 7.